The van der Waals surface area contributed by atoms with Crippen molar-refractivity contribution in [2.24, 2.45) is 0 Å². The summed E-state index contributed by atoms with van der Waals surface area (Å²) in [6.07, 6.45) is 8.13. The summed E-state index contributed by atoms with van der Waals surface area (Å²) < 4.78 is 0. The molecule has 0 saturated carbocycles. The summed E-state index contributed by atoms with van der Waals surface area (Å²) in [5, 5.41) is 3.69. The predicted molar refractivity (Wildman–Crippen MR) is 71.9 cm³/mol. The van der Waals surface area contributed by atoms with E-state index in [1.54, 1.807) is 0 Å². The molecule has 0 atom stereocenters. The lowest BCUT2D eigenvalue weighted by molar-refractivity contribution is -0.626. The number of aromatic amines is 1. The molecular weight excluding hydrogens is 208 g/mol. The van der Waals surface area contributed by atoms with E-state index in [1.807, 2.05) is 0 Å². The molecule has 0 amide bonds. The molecule has 1 heterocycles. The molecule has 3 rings (SSSR count). The average molecular weight is 227 g/mol. The molecule has 0 fully saturated rings. The second-order valence-corrected chi connectivity index (χ2v) is 4.76. The first-order valence-corrected chi connectivity index (χ1v) is 6.46. The molecule has 2 aromatic rings. The predicted octanol–water partition coefficient (Wildman–Crippen LogP) is 2.08. The van der Waals surface area contributed by atoms with E-state index in [4.69, 9.17) is 0 Å². The first-order valence-electron chi connectivity index (χ1n) is 6.46. The van der Waals surface area contributed by atoms with Gasteiger partial charge in [-0.05, 0) is 35.6 Å². The fourth-order valence-corrected chi connectivity index (χ4v) is 2.76. The number of H-pyrrole nitrogens is 1. The smallest absolute Gasteiger partial charge is 0.0788 e. The van der Waals surface area contributed by atoms with E-state index in [0.29, 0.717) is 0 Å². The molecule has 3 N–H and O–H groups in total. The second-order valence-electron chi connectivity index (χ2n) is 4.76. The van der Waals surface area contributed by atoms with Gasteiger partial charge >= 0.3 is 0 Å². The summed E-state index contributed by atoms with van der Waals surface area (Å²) in [4.78, 5) is 3.37. The molecule has 0 spiro atoms. The number of hydrogen-bond donors (Lipinski definition) is 2. The van der Waals surface area contributed by atoms with Crippen molar-refractivity contribution in [3.05, 3.63) is 41.6 Å². The Morgan fingerprint density at radius 2 is 2.29 bits per heavy atom. The second kappa shape index (κ2) is 4.38. The van der Waals surface area contributed by atoms with Crippen molar-refractivity contribution < 1.29 is 5.32 Å². The monoisotopic (exact) mass is 227 g/mol. The Balaban J connectivity index is 2.05. The van der Waals surface area contributed by atoms with Crippen molar-refractivity contribution >= 4 is 16.5 Å². The summed E-state index contributed by atoms with van der Waals surface area (Å²) in [7, 11) is 2.13. The lowest BCUT2D eigenvalue weighted by Gasteiger charge is -2.16. The van der Waals surface area contributed by atoms with E-state index in [1.165, 1.54) is 53.4 Å². The van der Waals surface area contributed by atoms with Crippen LogP contribution in [0.5, 0.6) is 0 Å². The van der Waals surface area contributed by atoms with E-state index >= 15 is 0 Å². The van der Waals surface area contributed by atoms with Gasteiger partial charge in [-0.25, -0.2) is 0 Å². The van der Waals surface area contributed by atoms with Gasteiger partial charge < -0.3 is 10.3 Å². The van der Waals surface area contributed by atoms with E-state index in [2.05, 4.69) is 47.8 Å². The number of nitrogens with one attached hydrogen (secondary N) is 1. The third-order valence-corrected chi connectivity index (χ3v) is 3.64. The van der Waals surface area contributed by atoms with Gasteiger partial charge in [-0.3, -0.25) is 0 Å². The number of hydrogen-bond acceptors (Lipinski definition) is 0. The highest BCUT2D eigenvalue weighted by Gasteiger charge is 2.16. The van der Waals surface area contributed by atoms with Crippen LogP contribution in [-0.4, -0.2) is 18.6 Å². The van der Waals surface area contributed by atoms with Gasteiger partial charge in [-0.1, -0.05) is 18.2 Å². The van der Waals surface area contributed by atoms with E-state index in [-0.39, 0.29) is 0 Å². The van der Waals surface area contributed by atoms with Gasteiger partial charge in [0.05, 0.1) is 13.6 Å². The van der Waals surface area contributed by atoms with Gasteiger partial charge in [-0.15, -0.1) is 0 Å². The van der Waals surface area contributed by atoms with Gasteiger partial charge in [0.25, 0.3) is 0 Å². The maximum Gasteiger partial charge on any atom is 0.0788 e. The molecule has 1 aromatic heterocycles. The van der Waals surface area contributed by atoms with Crippen molar-refractivity contribution in [3.8, 4) is 0 Å². The number of aryl methyl sites for hydroxylation is 1. The molecule has 0 bridgehead atoms. The van der Waals surface area contributed by atoms with Crippen LogP contribution < -0.4 is 5.32 Å². The Morgan fingerprint density at radius 3 is 3.18 bits per heavy atom. The van der Waals surface area contributed by atoms with Crippen LogP contribution in [0.1, 0.15) is 24.0 Å². The van der Waals surface area contributed by atoms with Crippen molar-refractivity contribution in [1.29, 1.82) is 0 Å². The minimum Gasteiger partial charge on any atom is -0.361 e. The fourth-order valence-electron chi connectivity index (χ4n) is 2.76. The van der Waals surface area contributed by atoms with Crippen LogP contribution >= 0.6 is 0 Å². The lowest BCUT2D eigenvalue weighted by atomic mass is 9.88. The van der Waals surface area contributed by atoms with Gasteiger partial charge in [0.2, 0.25) is 0 Å². The molecule has 2 nitrogen and oxygen atoms in total. The number of allylic oxidation sites excluding steroid dienone is 1. The van der Waals surface area contributed by atoms with Crippen LogP contribution in [0.2, 0.25) is 0 Å². The van der Waals surface area contributed by atoms with Gasteiger partial charge in [-0.2, -0.15) is 0 Å². The largest absolute Gasteiger partial charge is 0.361 e. The van der Waals surface area contributed by atoms with Crippen LogP contribution in [0, 0.1) is 0 Å². The molecule has 0 radical (unpaired) electrons. The Labute approximate surface area is 102 Å². The molecular formula is C15H19N2+. The first kappa shape index (κ1) is 10.6. The zero-order valence-electron chi connectivity index (χ0n) is 10.3. The highest BCUT2D eigenvalue weighted by Crippen LogP contribution is 2.35. The average Bonchev–Trinajstić information content (AvgIpc) is 2.78. The van der Waals surface area contributed by atoms with Crippen molar-refractivity contribution in [1.82, 2.24) is 4.98 Å². The SMILES string of the molecule is C[NH2+]CC/C=C1\CCc2c[nH]c3cccc1c23. The van der Waals surface area contributed by atoms with Crippen LogP contribution in [0.25, 0.3) is 16.5 Å². The number of benzene rings is 1. The van der Waals surface area contributed by atoms with Crippen molar-refractivity contribution in [2.45, 2.75) is 19.3 Å². The van der Waals surface area contributed by atoms with E-state index < -0.39 is 0 Å². The molecule has 1 aromatic carbocycles. The van der Waals surface area contributed by atoms with Crippen molar-refractivity contribution in [3.63, 3.8) is 0 Å². The van der Waals surface area contributed by atoms with Gasteiger partial charge in [0.1, 0.15) is 0 Å². The highest BCUT2D eigenvalue weighted by molar-refractivity contribution is 5.96. The number of nitrogens with two attached hydrogens (primary N) is 1. The zero-order valence-corrected chi connectivity index (χ0v) is 10.3. The Hall–Kier alpha value is -1.54. The fraction of sp³-hybridized carbons (Fsp3) is 0.333. The topological polar surface area (TPSA) is 32.4 Å². The Kier molecular flexibility index (Phi) is 2.73. The van der Waals surface area contributed by atoms with Gasteiger partial charge in [0, 0.05) is 23.5 Å². The van der Waals surface area contributed by atoms with Gasteiger partial charge in [0.15, 0.2) is 0 Å². The summed E-state index contributed by atoms with van der Waals surface area (Å²) >= 11 is 0. The molecule has 1 aliphatic rings. The molecule has 2 heteroatoms. The lowest BCUT2D eigenvalue weighted by Crippen LogP contribution is -2.79. The van der Waals surface area contributed by atoms with E-state index in [0.717, 1.165) is 0 Å². The molecule has 0 unspecified atom stereocenters. The maximum atomic E-state index is 3.37. The summed E-state index contributed by atoms with van der Waals surface area (Å²) in [5.41, 5.74) is 5.74. The summed E-state index contributed by atoms with van der Waals surface area (Å²) in [5.74, 6) is 0. The molecule has 17 heavy (non-hydrogen) atoms. The summed E-state index contributed by atoms with van der Waals surface area (Å²) in [6, 6.07) is 6.59. The minimum atomic E-state index is 1.17. The minimum absolute atomic E-state index is 1.17. The van der Waals surface area contributed by atoms with E-state index in [9.17, 15) is 0 Å². The molecule has 1 aliphatic carbocycles. The van der Waals surface area contributed by atoms with Crippen LogP contribution in [-0.2, 0) is 6.42 Å². The molecule has 0 saturated heterocycles. The first-order chi connectivity index (χ1) is 8.40. The highest BCUT2D eigenvalue weighted by atomic mass is 14.8. The number of quaternary nitrogens is 1. The number of rotatable bonds is 3. The standard InChI is InChI=1S/C15H18N2/c1-16-9-3-4-11-7-8-12-10-17-14-6-2-5-13(11)15(12)14/h2,4-6,10,16-17H,3,7-9H2,1H3/p+1/b11-4+. The maximum absolute atomic E-state index is 3.37. The summed E-state index contributed by atoms with van der Waals surface area (Å²) in [6.45, 7) is 1.18. The quantitative estimate of drug-likeness (QED) is 0.753. The van der Waals surface area contributed by atoms with Crippen LogP contribution in [0.4, 0.5) is 0 Å². The molecule has 0 aliphatic heterocycles. The Morgan fingerprint density at radius 1 is 1.35 bits per heavy atom. The van der Waals surface area contributed by atoms with Crippen LogP contribution in [0.15, 0.2) is 30.5 Å². The molecule has 88 valence electrons. The van der Waals surface area contributed by atoms with Crippen LogP contribution in [0.3, 0.4) is 0 Å². The zero-order chi connectivity index (χ0) is 11.7. The normalized spacial score (nSPS) is 16.9. The third-order valence-electron chi connectivity index (χ3n) is 3.64. The number of aromatic nitrogens is 1. The van der Waals surface area contributed by atoms with Crippen molar-refractivity contribution in [2.75, 3.05) is 13.6 Å². The Bertz CT molecular complexity index is 563. The third kappa shape index (κ3) is 1.79.